The number of hydrogen-bond acceptors (Lipinski definition) is 3. The molecule has 138 valence electrons. The highest BCUT2D eigenvalue weighted by Crippen LogP contribution is 2.18. The number of esters is 1. The zero-order chi connectivity index (χ0) is 18.2. The van der Waals surface area contributed by atoms with Gasteiger partial charge in [-0.2, -0.15) is 0 Å². The van der Waals surface area contributed by atoms with Crippen molar-refractivity contribution in [3.05, 3.63) is 60.3 Å². The summed E-state index contributed by atoms with van der Waals surface area (Å²) in [5, 5.41) is 9.43. The van der Waals surface area contributed by atoms with Crippen molar-refractivity contribution in [3.8, 4) is 0 Å². The summed E-state index contributed by atoms with van der Waals surface area (Å²) in [5.74, 6) is -0.450. The third-order valence-electron chi connectivity index (χ3n) is 3.91. The Morgan fingerprint density at radius 2 is 1.48 bits per heavy atom. The van der Waals surface area contributed by atoms with E-state index in [2.05, 4.69) is 60.3 Å². The molecular formula is C22H32O3. The van der Waals surface area contributed by atoms with Crippen LogP contribution in [0.2, 0.25) is 0 Å². The lowest BCUT2D eigenvalue weighted by atomic mass is 10.1. The second kappa shape index (κ2) is 14.5. The molecule has 0 spiro atoms. The molecule has 0 saturated heterocycles. The first-order chi connectivity index (χ1) is 12.2. The van der Waals surface area contributed by atoms with Crippen LogP contribution in [0.3, 0.4) is 0 Å². The van der Waals surface area contributed by atoms with E-state index in [9.17, 15) is 9.90 Å². The van der Waals surface area contributed by atoms with Crippen LogP contribution >= 0.6 is 0 Å². The molecule has 1 aliphatic heterocycles. The number of aliphatic hydroxyl groups excluding tert-OH is 1. The minimum Gasteiger partial charge on any atom is -0.429 e. The Labute approximate surface area is 152 Å². The molecule has 0 aromatic rings. The Hall–Kier alpha value is -1.87. The van der Waals surface area contributed by atoms with Gasteiger partial charge in [0.05, 0.1) is 0 Å². The van der Waals surface area contributed by atoms with Crippen molar-refractivity contribution in [2.45, 2.75) is 71.0 Å². The molecule has 0 radical (unpaired) electrons. The van der Waals surface area contributed by atoms with Crippen molar-refractivity contribution in [1.29, 1.82) is 0 Å². The fraction of sp³-hybridized carbons (Fsp3) is 0.500. The van der Waals surface area contributed by atoms with E-state index in [1.54, 1.807) is 0 Å². The maximum atomic E-state index is 10.9. The lowest BCUT2D eigenvalue weighted by Gasteiger charge is -2.04. The smallest absolute Gasteiger partial charge is 0.333 e. The molecular weight excluding hydrogens is 312 g/mol. The highest BCUT2D eigenvalue weighted by molar-refractivity contribution is 5.85. The Morgan fingerprint density at radius 3 is 2.00 bits per heavy atom. The number of rotatable bonds is 13. The lowest BCUT2D eigenvalue weighted by molar-refractivity contribution is -0.151. The van der Waals surface area contributed by atoms with Gasteiger partial charge in [-0.1, -0.05) is 68.4 Å². The van der Waals surface area contributed by atoms with E-state index in [4.69, 9.17) is 0 Å². The molecule has 1 N–H and O–H groups in total. The van der Waals surface area contributed by atoms with Crippen molar-refractivity contribution in [2.24, 2.45) is 0 Å². The van der Waals surface area contributed by atoms with Crippen molar-refractivity contribution in [2.75, 3.05) is 0 Å². The van der Waals surface area contributed by atoms with Crippen LogP contribution in [0.5, 0.6) is 0 Å². The lowest BCUT2D eigenvalue weighted by Crippen LogP contribution is -2.09. The van der Waals surface area contributed by atoms with E-state index in [0.717, 1.165) is 25.7 Å². The molecule has 0 fully saturated rings. The molecule has 3 nitrogen and oxygen atoms in total. The molecule has 1 heterocycles. The number of aliphatic hydroxyl groups is 1. The summed E-state index contributed by atoms with van der Waals surface area (Å²) in [4.78, 5) is 10.9. The van der Waals surface area contributed by atoms with Gasteiger partial charge in [-0.3, -0.25) is 0 Å². The highest BCUT2D eigenvalue weighted by atomic mass is 16.6. The van der Waals surface area contributed by atoms with E-state index in [1.165, 1.54) is 31.8 Å². The largest absolute Gasteiger partial charge is 0.429 e. The van der Waals surface area contributed by atoms with Crippen LogP contribution in [0.4, 0.5) is 0 Å². The van der Waals surface area contributed by atoms with Crippen LogP contribution in [0.1, 0.15) is 64.7 Å². The van der Waals surface area contributed by atoms with Gasteiger partial charge in [0.25, 0.3) is 0 Å². The van der Waals surface area contributed by atoms with E-state index in [1.807, 2.05) is 0 Å². The standard InChI is InChI=1S/C22H32O3/c1-2-3-4-5-6-7-8-9-10-11-12-13-14-15-16-17-18-20-19-21(23)25-22(20)24/h6-7,9-10,12-13,15-16,19,22,24H,2-5,8,11,14,17-18H2,1H3. The molecule has 1 unspecified atom stereocenters. The minimum absolute atomic E-state index is 0.450. The monoisotopic (exact) mass is 344 g/mol. The minimum atomic E-state index is -1.04. The summed E-state index contributed by atoms with van der Waals surface area (Å²) in [7, 11) is 0. The number of ether oxygens (including phenoxy) is 1. The molecule has 0 aliphatic carbocycles. The second-order valence-electron chi connectivity index (χ2n) is 6.14. The van der Waals surface area contributed by atoms with Gasteiger partial charge < -0.3 is 9.84 Å². The molecule has 1 rings (SSSR count). The molecule has 0 saturated carbocycles. The number of carbonyl (C=O) groups is 1. The van der Waals surface area contributed by atoms with E-state index < -0.39 is 12.3 Å². The van der Waals surface area contributed by atoms with Gasteiger partial charge in [-0.05, 0) is 44.9 Å². The van der Waals surface area contributed by atoms with E-state index in [0.29, 0.717) is 12.0 Å². The maximum Gasteiger partial charge on any atom is 0.333 e. The number of allylic oxidation sites excluding steroid dienone is 8. The molecule has 0 aromatic heterocycles. The van der Waals surface area contributed by atoms with Crippen molar-refractivity contribution >= 4 is 5.97 Å². The molecule has 0 aromatic carbocycles. The zero-order valence-electron chi connectivity index (χ0n) is 15.4. The first kappa shape index (κ1) is 21.2. The summed E-state index contributed by atoms with van der Waals surface area (Å²) < 4.78 is 4.63. The fourth-order valence-electron chi connectivity index (χ4n) is 2.45. The van der Waals surface area contributed by atoms with Crippen LogP contribution in [0, 0.1) is 0 Å². The predicted octanol–water partition coefficient (Wildman–Crippen LogP) is 5.54. The summed E-state index contributed by atoms with van der Waals surface area (Å²) in [6.45, 7) is 2.23. The SMILES string of the molecule is CCCCCC=CCC=CCC=CCC=CCCC1=CC(=O)OC1O. The van der Waals surface area contributed by atoms with Crippen molar-refractivity contribution in [1.82, 2.24) is 0 Å². The number of hydrogen-bond donors (Lipinski definition) is 1. The van der Waals surface area contributed by atoms with Gasteiger partial charge in [0.2, 0.25) is 6.29 Å². The number of cyclic esters (lactones) is 1. The van der Waals surface area contributed by atoms with Gasteiger partial charge in [0.15, 0.2) is 0 Å². The molecule has 25 heavy (non-hydrogen) atoms. The Kier molecular flexibility index (Phi) is 12.3. The molecule has 0 bridgehead atoms. The van der Waals surface area contributed by atoms with Crippen LogP contribution in [0.25, 0.3) is 0 Å². The predicted molar refractivity (Wildman–Crippen MR) is 104 cm³/mol. The normalized spacial score (nSPS) is 18.2. The summed E-state index contributed by atoms with van der Waals surface area (Å²) in [6, 6.07) is 0. The van der Waals surface area contributed by atoms with Crippen LogP contribution in [0.15, 0.2) is 60.3 Å². The summed E-state index contributed by atoms with van der Waals surface area (Å²) >= 11 is 0. The average molecular weight is 344 g/mol. The van der Waals surface area contributed by atoms with Crippen LogP contribution in [-0.2, 0) is 9.53 Å². The third-order valence-corrected chi connectivity index (χ3v) is 3.91. The molecule has 1 aliphatic rings. The molecule has 3 heteroatoms. The van der Waals surface area contributed by atoms with Crippen LogP contribution < -0.4 is 0 Å². The first-order valence-corrected chi connectivity index (χ1v) is 9.43. The third kappa shape index (κ3) is 11.3. The maximum absolute atomic E-state index is 10.9. The van der Waals surface area contributed by atoms with Crippen molar-refractivity contribution in [3.63, 3.8) is 0 Å². The van der Waals surface area contributed by atoms with E-state index >= 15 is 0 Å². The highest BCUT2D eigenvalue weighted by Gasteiger charge is 2.22. The number of unbranched alkanes of at least 4 members (excludes halogenated alkanes) is 3. The second-order valence-corrected chi connectivity index (χ2v) is 6.14. The van der Waals surface area contributed by atoms with Gasteiger partial charge >= 0.3 is 5.97 Å². The van der Waals surface area contributed by atoms with E-state index in [-0.39, 0.29) is 0 Å². The molecule has 0 amide bonds. The number of carbonyl (C=O) groups excluding carboxylic acids is 1. The quantitative estimate of drug-likeness (QED) is 0.271. The summed E-state index contributed by atoms with van der Waals surface area (Å²) in [5.41, 5.74) is 0.662. The first-order valence-electron chi connectivity index (χ1n) is 9.43. The van der Waals surface area contributed by atoms with Gasteiger partial charge in [-0.15, -0.1) is 0 Å². The average Bonchev–Trinajstić information content (AvgIpc) is 2.92. The Balaban J connectivity index is 1.98. The van der Waals surface area contributed by atoms with Crippen molar-refractivity contribution < 1.29 is 14.6 Å². The Morgan fingerprint density at radius 1 is 0.920 bits per heavy atom. The van der Waals surface area contributed by atoms with Gasteiger partial charge in [0, 0.05) is 11.6 Å². The molecule has 1 atom stereocenters. The van der Waals surface area contributed by atoms with Gasteiger partial charge in [-0.25, -0.2) is 4.79 Å². The zero-order valence-corrected chi connectivity index (χ0v) is 15.4. The van der Waals surface area contributed by atoms with Gasteiger partial charge in [0.1, 0.15) is 0 Å². The fourth-order valence-corrected chi connectivity index (χ4v) is 2.45. The Bertz CT molecular complexity index is 509. The topological polar surface area (TPSA) is 46.5 Å². The summed E-state index contributed by atoms with van der Waals surface area (Å²) in [6.07, 6.45) is 27.2. The van der Waals surface area contributed by atoms with Crippen LogP contribution in [-0.4, -0.2) is 17.4 Å².